The van der Waals surface area contributed by atoms with Gasteiger partial charge in [-0.1, -0.05) is 0 Å². The molecule has 0 atom stereocenters. The Morgan fingerprint density at radius 1 is 1.32 bits per heavy atom. The molecule has 0 unspecified atom stereocenters. The van der Waals surface area contributed by atoms with Gasteiger partial charge in [0.25, 0.3) is 5.91 Å². The first-order valence-corrected chi connectivity index (χ1v) is 6.59. The Labute approximate surface area is 111 Å². The van der Waals surface area contributed by atoms with E-state index in [1.54, 1.807) is 4.90 Å². The number of halogens is 2. The van der Waals surface area contributed by atoms with Crippen LogP contribution in [-0.4, -0.2) is 29.9 Å². The number of benzene rings is 1. The molecule has 1 aliphatic rings. The smallest absolute Gasteiger partial charge is 0.254 e. The van der Waals surface area contributed by atoms with E-state index in [-0.39, 0.29) is 17.5 Å². The van der Waals surface area contributed by atoms with Crippen LogP contribution in [0.5, 0.6) is 0 Å². The van der Waals surface area contributed by atoms with Gasteiger partial charge in [-0.15, -0.1) is 0 Å². The van der Waals surface area contributed by atoms with Crippen molar-refractivity contribution < 1.29 is 13.6 Å². The van der Waals surface area contributed by atoms with Crippen molar-refractivity contribution in [3.8, 4) is 0 Å². The molecule has 19 heavy (non-hydrogen) atoms. The van der Waals surface area contributed by atoms with Crippen molar-refractivity contribution in [1.29, 1.82) is 0 Å². The van der Waals surface area contributed by atoms with Gasteiger partial charge in [-0.2, -0.15) is 0 Å². The van der Waals surface area contributed by atoms with Crippen LogP contribution in [0.1, 0.15) is 36.0 Å². The summed E-state index contributed by atoms with van der Waals surface area (Å²) in [6, 6.07) is 3.50. The third-order valence-corrected chi connectivity index (χ3v) is 3.55. The van der Waals surface area contributed by atoms with Crippen molar-refractivity contribution in [2.45, 2.75) is 31.7 Å². The summed E-state index contributed by atoms with van der Waals surface area (Å²) in [5.74, 6) is -2.16. The van der Waals surface area contributed by atoms with Gasteiger partial charge in [0, 0.05) is 18.2 Å². The van der Waals surface area contributed by atoms with Crippen LogP contribution in [0, 0.1) is 11.6 Å². The molecule has 0 saturated heterocycles. The van der Waals surface area contributed by atoms with Crippen molar-refractivity contribution in [2.24, 2.45) is 5.73 Å². The van der Waals surface area contributed by atoms with Crippen molar-refractivity contribution in [3.63, 3.8) is 0 Å². The third kappa shape index (κ3) is 3.10. The SMILES string of the molecule is NCCCN(C(=O)c1ccc(F)c(F)c1)C1CCC1. The summed E-state index contributed by atoms with van der Waals surface area (Å²) in [7, 11) is 0. The number of carbonyl (C=O) groups is 1. The Morgan fingerprint density at radius 2 is 2.05 bits per heavy atom. The number of rotatable bonds is 5. The Kier molecular flexibility index (Phi) is 4.47. The monoisotopic (exact) mass is 268 g/mol. The number of hydrogen-bond acceptors (Lipinski definition) is 2. The molecule has 2 N–H and O–H groups in total. The van der Waals surface area contributed by atoms with Gasteiger partial charge in [-0.25, -0.2) is 8.78 Å². The van der Waals surface area contributed by atoms with Gasteiger partial charge < -0.3 is 10.6 Å². The predicted molar refractivity (Wildman–Crippen MR) is 68.7 cm³/mol. The molecular weight excluding hydrogens is 250 g/mol. The van der Waals surface area contributed by atoms with Crippen molar-refractivity contribution in [2.75, 3.05) is 13.1 Å². The average molecular weight is 268 g/mol. The molecule has 0 bridgehead atoms. The van der Waals surface area contributed by atoms with Gasteiger partial charge in [-0.05, 0) is 50.4 Å². The minimum Gasteiger partial charge on any atom is -0.336 e. The molecule has 0 radical (unpaired) electrons. The first-order valence-electron chi connectivity index (χ1n) is 6.59. The van der Waals surface area contributed by atoms with Crippen LogP contribution in [0.15, 0.2) is 18.2 Å². The second-order valence-electron chi connectivity index (χ2n) is 4.85. The fourth-order valence-corrected chi connectivity index (χ4v) is 2.20. The van der Waals surface area contributed by atoms with Gasteiger partial charge in [0.1, 0.15) is 0 Å². The largest absolute Gasteiger partial charge is 0.336 e. The van der Waals surface area contributed by atoms with Crippen LogP contribution in [0.3, 0.4) is 0 Å². The van der Waals surface area contributed by atoms with E-state index in [0.717, 1.165) is 31.4 Å². The minimum atomic E-state index is -0.988. The standard InChI is InChI=1S/C14H18F2N2O/c15-12-6-5-10(9-13(12)16)14(19)18(8-2-7-17)11-3-1-4-11/h5-6,9,11H,1-4,7-8,17H2. The molecule has 1 amide bonds. The fourth-order valence-electron chi connectivity index (χ4n) is 2.20. The lowest BCUT2D eigenvalue weighted by Crippen LogP contribution is -2.45. The maximum atomic E-state index is 13.2. The van der Waals surface area contributed by atoms with Crippen LogP contribution < -0.4 is 5.73 Å². The molecule has 1 aliphatic carbocycles. The topological polar surface area (TPSA) is 46.3 Å². The minimum absolute atomic E-state index is 0.197. The quantitative estimate of drug-likeness (QED) is 0.890. The van der Waals surface area contributed by atoms with E-state index in [9.17, 15) is 13.6 Å². The molecule has 1 saturated carbocycles. The van der Waals surface area contributed by atoms with E-state index < -0.39 is 11.6 Å². The molecule has 0 aromatic heterocycles. The van der Waals surface area contributed by atoms with E-state index in [1.807, 2.05) is 0 Å². The zero-order valence-corrected chi connectivity index (χ0v) is 10.7. The van der Waals surface area contributed by atoms with E-state index >= 15 is 0 Å². The molecule has 2 rings (SSSR count). The summed E-state index contributed by atoms with van der Waals surface area (Å²) >= 11 is 0. The molecule has 0 spiro atoms. The van der Waals surface area contributed by atoms with Crippen LogP contribution in [-0.2, 0) is 0 Å². The zero-order valence-electron chi connectivity index (χ0n) is 10.7. The Hall–Kier alpha value is -1.49. The summed E-state index contributed by atoms with van der Waals surface area (Å²) in [6.07, 6.45) is 3.76. The molecule has 1 fully saturated rings. The highest BCUT2D eigenvalue weighted by atomic mass is 19.2. The summed E-state index contributed by atoms with van der Waals surface area (Å²) in [5.41, 5.74) is 5.67. The van der Waals surface area contributed by atoms with Crippen LogP contribution >= 0.6 is 0 Å². The van der Waals surface area contributed by atoms with Crippen molar-refractivity contribution in [1.82, 2.24) is 4.90 Å². The fraction of sp³-hybridized carbons (Fsp3) is 0.500. The third-order valence-electron chi connectivity index (χ3n) is 3.55. The predicted octanol–water partition coefficient (Wildman–Crippen LogP) is 2.31. The van der Waals surface area contributed by atoms with Gasteiger partial charge in [0.05, 0.1) is 0 Å². The molecule has 0 aliphatic heterocycles. The Balaban J connectivity index is 2.15. The highest BCUT2D eigenvalue weighted by Gasteiger charge is 2.29. The second kappa shape index (κ2) is 6.10. The number of amides is 1. The zero-order chi connectivity index (χ0) is 13.8. The maximum absolute atomic E-state index is 13.2. The molecular formula is C14H18F2N2O. The Morgan fingerprint density at radius 3 is 2.58 bits per heavy atom. The number of hydrogen-bond donors (Lipinski definition) is 1. The van der Waals surface area contributed by atoms with Gasteiger partial charge in [-0.3, -0.25) is 4.79 Å². The van der Waals surface area contributed by atoms with E-state index in [2.05, 4.69) is 0 Å². The van der Waals surface area contributed by atoms with E-state index in [4.69, 9.17) is 5.73 Å². The maximum Gasteiger partial charge on any atom is 0.254 e. The summed E-state index contributed by atoms with van der Waals surface area (Å²) in [5, 5.41) is 0. The van der Waals surface area contributed by atoms with Gasteiger partial charge >= 0.3 is 0 Å². The average Bonchev–Trinajstić information content (AvgIpc) is 2.34. The van der Waals surface area contributed by atoms with Crippen LogP contribution in [0.4, 0.5) is 8.78 Å². The number of nitrogens with zero attached hydrogens (tertiary/aromatic N) is 1. The van der Waals surface area contributed by atoms with E-state index in [0.29, 0.717) is 19.5 Å². The normalized spacial score (nSPS) is 15.1. The lowest BCUT2D eigenvalue weighted by atomic mass is 9.90. The summed E-state index contributed by atoms with van der Waals surface area (Å²) in [6.45, 7) is 1.08. The van der Waals surface area contributed by atoms with Crippen LogP contribution in [0.2, 0.25) is 0 Å². The van der Waals surface area contributed by atoms with E-state index in [1.165, 1.54) is 6.07 Å². The number of carbonyl (C=O) groups excluding carboxylic acids is 1. The first kappa shape index (κ1) is 13.9. The molecule has 1 aromatic carbocycles. The molecule has 5 heteroatoms. The second-order valence-corrected chi connectivity index (χ2v) is 4.85. The lowest BCUT2D eigenvalue weighted by Gasteiger charge is -2.37. The Bertz CT molecular complexity index is 461. The van der Waals surface area contributed by atoms with Crippen LogP contribution in [0.25, 0.3) is 0 Å². The molecule has 1 aromatic rings. The molecule has 3 nitrogen and oxygen atoms in total. The van der Waals surface area contributed by atoms with Gasteiger partial charge in [0.2, 0.25) is 0 Å². The summed E-state index contributed by atoms with van der Waals surface area (Å²) in [4.78, 5) is 14.1. The number of nitrogens with two attached hydrogens (primary N) is 1. The molecule has 104 valence electrons. The first-order chi connectivity index (χ1) is 9.13. The van der Waals surface area contributed by atoms with Crippen molar-refractivity contribution in [3.05, 3.63) is 35.4 Å². The highest BCUT2D eigenvalue weighted by Crippen LogP contribution is 2.26. The van der Waals surface area contributed by atoms with Gasteiger partial charge in [0.15, 0.2) is 11.6 Å². The van der Waals surface area contributed by atoms with Crippen molar-refractivity contribution >= 4 is 5.91 Å². The molecule has 0 heterocycles. The summed E-state index contributed by atoms with van der Waals surface area (Å²) < 4.78 is 26.1. The lowest BCUT2D eigenvalue weighted by molar-refractivity contribution is 0.0578. The highest BCUT2D eigenvalue weighted by molar-refractivity contribution is 5.94.